The number of hydroxylamine groups is 2. The van der Waals surface area contributed by atoms with Crippen LogP contribution in [0.2, 0.25) is 0 Å². The number of non-ortho nitro benzene ring substituents is 1. The highest BCUT2D eigenvalue weighted by Gasteiger charge is 2.55. The molecule has 1 aromatic carbocycles. The highest BCUT2D eigenvalue weighted by molar-refractivity contribution is 5.80. The van der Waals surface area contributed by atoms with Crippen molar-refractivity contribution < 1.29 is 19.8 Å². The SMILES string of the molecule is CC1(C)CC(C(=O)NCCCNc2ccc([N+](=O)[O-])cc2[N+](=O)[O-])C(C)(C)N1[O]. The largest absolute Gasteiger partial charge is 0.379 e. The summed E-state index contributed by atoms with van der Waals surface area (Å²) in [7, 11) is 0. The van der Waals surface area contributed by atoms with Crippen molar-refractivity contribution in [2.24, 2.45) is 5.92 Å². The van der Waals surface area contributed by atoms with Crippen LogP contribution in [0, 0.1) is 26.1 Å². The molecule has 1 fully saturated rings. The zero-order valence-electron chi connectivity index (χ0n) is 16.9. The van der Waals surface area contributed by atoms with Gasteiger partial charge in [0, 0.05) is 24.7 Å². The second-order valence-electron chi connectivity index (χ2n) is 8.30. The number of nitro benzene ring substituents is 2. The molecule has 1 radical (unpaired) electrons. The van der Waals surface area contributed by atoms with Gasteiger partial charge in [0.15, 0.2) is 0 Å². The minimum Gasteiger partial charge on any atom is -0.379 e. The summed E-state index contributed by atoms with van der Waals surface area (Å²) in [6.45, 7) is 7.80. The van der Waals surface area contributed by atoms with Gasteiger partial charge in [0.05, 0.1) is 27.4 Å². The number of anilines is 1. The van der Waals surface area contributed by atoms with Crippen LogP contribution in [0.3, 0.4) is 0 Å². The maximum Gasteiger partial charge on any atom is 0.299 e. The highest BCUT2D eigenvalue weighted by Crippen LogP contribution is 2.43. The molecule has 1 aliphatic heterocycles. The fourth-order valence-electron chi connectivity index (χ4n) is 3.75. The summed E-state index contributed by atoms with van der Waals surface area (Å²) in [6.07, 6.45) is 0.945. The van der Waals surface area contributed by atoms with Gasteiger partial charge in [-0.2, -0.15) is 0 Å². The molecule has 2 N–H and O–H groups in total. The van der Waals surface area contributed by atoms with Gasteiger partial charge in [-0.1, -0.05) is 0 Å². The van der Waals surface area contributed by atoms with Crippen LogP contribution in [-0.4, -0.2) is 45.0 Å². The van der Waals surface area contributed by atoms with Crippen molar-refractivity contribution in [2.45, 2.75) is 51.6 Å². The first-order chi connectivity index (χ1) is 13.4. The Labute approximate surface area is 168 Å². The van der Waals surface area contributed by atoms with Crippen LogP contribution < -0.4 is 10.6 Å². The third-order valence-electron chi connectivity index (χ3n) is 5.30. The van der Waals surface area contributed by atoms with Gasteiger partial charge in [-0.15, -0.1) is 10.3 Å². The number of carbonyl (C=O) groups excluding carboxylic acids is 1. The van der Waals surface area contributed by atoms with Crippen LogP contribution in [0.25, 0.3) is 0 Å². The molecule has 1 amide bonds. The molecule has 0 saturated carbocycles. The molecular formula is C18H26N5O6. The number of rotatable bonds is 8. The maximum absolute atomic E-state index is 12.5. The molecule has 0 aromatic heterocycles. The van der Waals surface area contributed by atoms with Crippen LogP contribution in [0.4, 0.5) is 17.1 Å². The number of nitrogens with one attached hydrogen (secondary N) is 2. The number of nitro groups is 2. The van der Waals surface area contributed by atoms with Gasteiger partial charge in [-0.05, 0) is 46.6 Å². The van der Waals surface area contributed by atoms with E-state index < -0.39 is 26.8 Å². The van der Waals surface area contributed by atoms with E-state index in [1.807, 2.05) is 13.8 Å². The van der Waals surface area contributed by atoms with Gasteiger partial charge in [0.2, 0.25) is 5.91 Å². The number of nitrogens with zero attached hydrogens (tertiary/aromatic N) is 3. The first-order valence-corrected chi connectivity index (χ1v) is 9.30. The normalized spacial score (nSPS) is 20.2. The number of benzene rings is 1. The second-order valence-corrected chi connectivity index (χ2v) is 8.30. The zero-order chi connectivity index (χ0) is 22.0. The lowest BCUT2D eigenvalue weighted by Crippen LogP contribution is -2.49. The van der Waals surface area contributed by atoms with Crippen molar-refractivity contribution in [2.75, 3.05) is 18.4 Å². The fraction of sp³-hybridized carbons (Fsp3) is 0.611. The van der Waals surface area contributed by atoms with Crippen LogP contribution in [0.5, 0.6) is 0 Å². The van der Waals surface area contributed by atoms with Crippen molar-refractivity contribution in [3.05, 3.63) is 38.4 Å². The van der Waals surface area contributed by atoms with Gasteiger partial charge in [-0.3, -0.25) is 25.0 Å². The summed E-state index contributed by atoms with van der Waals surface area (Å²) in [4.78, 5) is 33.0. The van der Waals surface area contributed by atoms with Crippen LogP contribution in [0.15, 0.2) is 18.2 Å². The lowest BCUT2D eigenvalue weighted by Gasteiger charge is -2.33. The van der Waals surface area contributed by atoms with Crippen molar-refractivity contribution in [1.29, 1.82) is 0 Å². The van der Waals surface area contributed by atoms with Crippen LogP contribution in [-0.2, 0) is 10.0 Å². The van der Waals surface area contributed by atoms with E-state index in [4.69, 9.17) is 0 Å². The average Bonchev–Trinajstić information content (AvgIpc) is 2.80. The molecule has 1 atom stereocenters. The number of carbonyl (C=O) groups is 1. The Balaban J connectivity index is 1.87. The smallest absolute Gasteiger partial charge is 0.299 e. The Morgan fingerprint density at radius 2 is 1.83 bits per heavy atom. The van der Waals surface area contributed by atoms with Gasteiger partial charge in [0.25, 0.3) is 11.4 Å². The van der Waals surface area contributed by atoms with E-state index in [-0.39, 0.29) is 23.0 Å². The molecule has 1 unspecified atom stereocenters. The quantitative estimate of drug-likeness (QED) is 0.381. The predicted molar refractivity (Wildman–Crippen MR) is 105 cm³/mol. The third-order valence-corrected chi connectivity index (χ3v) is 5.30. The minimum absolute atomic E-state index is 0.174. The van der Waals surface area contributed by atoms with E-state index in [0.717, 1.165) is 11.1 Å². The average molecular weight is 408 g/mol. The third kappa shape index (κ3) is 4.80. The Kier molecular flexibility index (Phi) is 6.43. The highest BCUT2D eigenvalue weighted by atomic mass is 16.6. The van der Waals surface area contributed by atoms with E-state index >= 15 is 0 Å². The summed E-state index contributed by atoms with van der Waals surface area (Å²) >= 11 is 0. The number of hydrogen-bond acceptors (Lipinski definition) is 7. The summed E-state index contributed by atoms with van der Waals surface area (Å²) in [5.41, 5.74) is -1.97. The fourth-order valence-corrected chi connectivity index (χ4v) is 3.75. The molecule has 11 heteroatoms. The molecule has 0 spiro atoms. The Hall–Kier alpha value is -2.79. The molecule has 1 saturated heterocycles. The number of amides is 1. The van der Waals surface area contributed by atoms with Crippen molar-refractivity contribution >= 4 is 23.0 Å². The van der Waals surface area contributed by atoms with Crippen molar-refractivity contribution in [1.82, 2.24) is 10.4 Å². The molecule has 11 nitrogen and oxygen atoms in total. The first-order valence-electron chi connectivity index (χ1n) is 9.30. The van der Waals surface area contributed by atoms with E-state index in [9.17, 15) is 30.2 Å². The molecule has 159 valence electrons. The van der Waals surface area contributed by atoms with E-state index in [2.05, 4.69) is 10.6 Å². The van der Waals surface area contributed by atoms with Crippen LogP contribution in [0.1, 0.15) is 40.5 Å². The van der Waals surface area contributed by atoms with Crippen molar-refractivity contribution in [3.63, 3.8) is 0 Å². The van der Waals surface area contributed by atoms with E-state index in [1.165, 1.54) is 12.1 Å². The Morgan fingerprint density at radius 3 is 2.34 bits per heavy atom. The molecule has 2 rings (SSSR count). The Morgan fingerprint density at radius 1 is 1.17 bits per heavy atom. The number of hydrogen-bond donors (Lipinski definition) is 2. The van der Waals surface area contributed by atoms with E-state index in [1.54, 1.807) is 13.8 Å². The minimum atomic E-state index is -0.800. The van der Waals surface area contributed by atoms with Crippen LogP contribution >= 0.6 is 0 Å². The topological polar surface area (TPSA) is 151 Å². The molecule has 0 bridgehead atoms. The Bertz CT molecular complexity index is 810. The van der Waals surface area contributed by atoms with Gasteiger partial charge in [0.1, 0.15) is 5.69 Å². The lowest BCUT2D eigenvalue weighted by atomic mass is 9.86. The summed E-state index contributed by atoms with van der Waals surface area (Å²) in [5.74, 6) is -0.624. The second kappa shape index (κ2) is 8.29. The summed E-state index contributed by atoms with van der Waals surface area (Å²) in [5, 5.41) is 40.9. The molecule has 1 aromatic rings. The molecule has 29 heavy (non-hydrogen) atoms. The van der Waals surface area contributed by atoms with Gasteiger partial charge < -0.3 is 10.6 Å². The molecule has 1 heterocycles. The maximum atomic E-state index is 12.5. The molecular weight excluding hydrogens is 382 g/mol. The van der Waals surface area contributed by atoms with Crippen molar-refractivity contribution in [3.8, 4) is 0 Å². The standard InChI is InChI=1S/C18H26N5O6/c1-17(2)11-13(18(3,4)23(17)29)16(24)20-9-5-8-19-14-7-6-12(21(25)26)10-15(14)22(27)28/h6-7,10,13,19H,5,8-9,11H2,1-4H3,(H,20,24). The van der Waals surface area contributed by atoms with Gasteiger partial charge >= 0.3 is 0 Å². The lowest BCUT2D eigenvalue weighted by molar-refractivity contribution is -0.393. The first kappa shape index (κ1) is 22.5. The molecule has 0 aliphatic carbocycles. The van der Waals surface area contributed by atoms with Gasteiger partial charge in [-0.25, -0.2) is 0 Å². The monoisotopic (exact) mass is 408 g/mol. The predicted octanol–water partition coefficient (Wildman–Crippen LogP) is 2.65. The zero-order valence-corrected chi connectivity index (χ0v) is 16.9. The molecule has 1 aliphatic rings. The summed E-state index contributed by atoms with van der Waals surface area (Å²) < 4.78 is 0. The van der Waals surface area contributed by atoms with E-state index in [0.29, 0.717) is 25.9 Å². The summed E-state index contributed by atoms with van der Waals surface area (Å²) in [6, 6.07) is 3.39.